The highest BCUT2D eigenvalue weighted by molar-refractivity contribution is 5.89. The Kier molecular flexibility index (Phi) is 8.25. The number of hydrogen-bond acceptors (Lipinski definition) is 7. The first-order valence-corrected chi connectivity index (χ1v) is 12.9. The molecule has 2 saturated heterocycles. The average Bonchev–Trinajstić information content (AvgIpc) is 3.07. The van der Waals surface area contributed by atoms with Gasteiger partial charge in [-0.05, 0) is 57.0 Å². The number of rotatable bonds is 5. The van der Waals surface area contributed by atoms with Crippen LogP contribution in [0.4, 0.5) is 10.6 Å². The lowest BCUT2D eigenvalue weighted by molar-refractivity contribution is -0.137. The molecule has 2 fully saturated rings. The SMILES string of the molecule is CC(C)(N)C(=O)N1CCN(C(=O)Nc2ccn(-c3ccc(CN4CCCCC(N)C4)cc3)c(=O)n2)CC1. The summed E-state index contributed by atoms with van der Waals surface area (Å²) in [5, 5.41) is 2.69. The summed E-state index contributed by atoms with van der Waals surface area (Å²) in [6, 6.07) is 9.30. The minimum atomic E-state index is -0.945. The molecule has 5 N–H and O–H groups in total. The predicted octanol–water partition coefficient (Wildman–Crippen LogP) is 0.959. The summed E-state index contributed by atoms with van der Waals surface area (Å²) in [7, 11) is 0. The van der Waals surface area contributed by atoms with E-state index in [4.69, 9.17) is 11.5 Å². The number of carbonyl (C=O) groups excluding carboxylic acids is 2. The van der Waals surface area contributed by atoms with Crippen molar-refractivity contribution < 1.29 is 9.59 Å². The zero-order valence-corrected chi connectivity index (χ0v) is 21.7. The van der Waals surface area contributed by atoms with Crippen molar-refractivity contribution >= 4 is 17.8 Å². The van der Waals surface area contributed by atoms with Gasteiger partial charge in [-0.25, -0.2) is 9.59 Å². The third-order valence-corrected chi connectivity index (χ3v) is 6.86. The average molecular weight is 511 g/mol. The summed E-state index contributed by atoms with van der Waals surface area (Å²) >= 11 is 0. The van der Waals surface area contributed by atoms with Crippen LogP contribution in [0.25, 0.3) is 5.69 Å². The molecule has 37 heavy (non-hydrogen) atoms. The minimum Gasteiger partial charge on any atom is -0.338 e. The number of nitrogens with one attached hydrogen (secondary N) is 1. The summed E-state index contributed by atoms with van der Waals surface area (Å²) in [6.45, 7) is 7.68. The summed E-state index contributed by atoms with van der Waals surface area (Å²) in [5.74, 6) is 0.0407. The molecule has 1 unspecified atom stereocenters. The van der Waals surface area contributed by atoms with Crippen LogP contribution in [0.2, 0.25) is 0 Å². The van der Waals surface area contributed by atoms with E-state index in [0.29, 0.717) is 31.9 Å². The van der Waals surface area contributed by atoms with E-state index >= 15 is 0 Å². The second-order valence-electron chi connectivity index (χ2n) is 10.6. The molecule has 1 atom stereocenters. The zero-order valence-electron chi connectivity index (χ0n) is 21.7. The second-order valence-corrected chi connectivity index (χ2v) is 10.6. The quantitative estimate of drug-likeness (QED) is 0.544. The molecular formula is C26H38N8O3. The van der Waals surface area contributed by atoms with Gasteiger partial charge in [-0.3, -0.25) is 19.6 Å². The number of amides is 3. The standard InChI is InChI=1S/C26H38N8O3/c1-26(2,28)23(35)32-13-15-33(16-14-32)24(36)29-22-10-12-34(25(37)30-22)21-8-6-19(7-9-21)17-31-11-4-3-5-20(27)18-31/h6-10,12,20H,3-5,11,13-18,27-28H2,1-2H3,(H,29,30,36,37). The second kappa shape index (κ2) is 11.4. The summed E-state index contributed by atoms with van der Waals surface area (Å²) in [5.41, 5.74) is 12.5. The van der Waals surface area contributed by atoms with Crippen LogP contribution in [-0.4, -0.2) is 87.0 Å². The van der Waals surface area contributed by atoms with Gasteiger partial charge in [0, 0.05) is 51.5 Å². The van der Waals surface area contributed by atoms with Gasteiger partial charge in [0.05, 0.1) is 11.2 Å². The number of benzene rings is 1. The van der Waals surface area contributed by atoms with Crippen LogP contribution >= 0.6 is 0 Å². The fourth-order valence-electron chi connectivity index (χ4n) is 4.80. The van der Waals surface area contributed by atoms with Crippen molar-refractivity contribution in [1.82, 2.24) is 24.3 Å². The van der Waals surface area contributed by atoms with Gasteiger partial charge in [0.2, 0.25) is 5.91 Å². The van der Waals surface area contributed by atoms with Crippen LogP contribution in [0, 0.1) is 0 Å². The highest BCUT2D eigenvalue weighted by Gasteiger charge is 2.31. The topological polar surface area (TPSA) is 143 Å². The van der Waals surface area contributed by atoms with Crippen LogP contribution in [0.15, 0.2) is 41.3 Å². The molecule has 3 amide bonds. The summed E-state index contributed by atoms with van der Waals surface area (Å²) < 4.78 is 1.44. The van der Waals surface area contributed by atoms with Crippen LogP contribution in [0.1, 0.15) is 38.7 Å². The number of carbonyl (C=O) groups is 2. The predicted molar refractivity (Wildman–Crippen MR) is 142 cm³/mol. The van der Waals surface area contributed by atoms with E-state index in [1.54, 1.807) is 35.9 Å². The maximum absolute atomic E-state index is 12.7. The molecule has 2 aliphatic rings. The molecule has 2 aliphatic heterocycles. The smallest absolute Gasteiger partial charge is 0.338 e. The minimum absolute atomic E-state index is 0.142. The Morgan fingerprint density at radius 3 is 2.35 bits per heavy atom. The van der Waals surface area contributed by atoms with Gasteiger partial charge in [-0.1, -0.05) is 18.6 Å². The van der Waals surface area contributed by atoms with E-state index in [1.807, 2.05) is 24.3 Å². The van der Waals surface area contributed by atoms with Gasteiger partial charge in [-0.2, -0.15) is 4.98 Å². The van der Waals surface area contributed by atoms with E-state index in [2.05, 4.69) is 15.2 Å². The Bertz CT molecular complexity index is 1150. The summed E-state index contributed by atoms with van der Waals surface area (Å²) in [4.78, 5) is 47.4. The molecule has 11 heteroatoms. The Hall–Kier alpha value is -3.28. The van der Waals surface area contributed by atoms with E-state index in [0.717, 1.165) is 32.5 Å². The number of urea groups is 1. The number of aromatic nitrogens is 2. The number of nitrogens with two attached hydrogens (primary N) is 2. The van der Waals surface area contributed by atoms with Crippen LogP contribution < -0.4 is 22.5 Å². The van der Waals surface area contributed by atoms with Gasteiger partial charge < -0.3 is 21.3 Å². The van der Waals surface area contributed by atoms with Crippen molar-refractivity contribution in [3.8, 4) is 5.69 Å². The number of nitrogens with zero attached hydrogens (tertiary/aromatic N) is 5. The number of hydrogen-bond donors (Lipinski definition) is 3. The monoisotopic (exact) mass is 510 g/mol. The molecule has 3 heterocycles. The number of likely N-dealkylation sites (tertiary alicyclic amines) is 1. The molecule has 200 valence electrons. The molecule has 0 bridgehead atoms. The van der Waals surface area contributed by atoms with Crippen LogP contribution in [0.5, 0.6) is 0 Å². The van der Waals surface area contributed by atoms with E-state index < -0.39 is 11.2 Å². The van der Waals surface area contributed by atoms with E-state index in [1.165, 1.54) is 16.6 Å². The maximum Gasteiger partial charge on any atom is 0.354 e. The molecule has 0 spiro atoms. The fraction of sp³-hybridized carbons (Fsp3) is 0.538. The van der Waals surface area contributed by atoms with Gasteiger partial charge in [0.15, 0.2) is 0 Å². The van der Waals surface area contributed by atoms with Crippen LogP contribution in [-0.2, 0) is 11.3 Å². The molecule has 2 aromatic rings. The van der Waals surface area contributed by atoms with Crippen molar-refractivity contribution in [2.75, 3.05) is 44.6 Å². The Morgan fingerprint density at radius 1 is 1.03 bits per heavy atom. The lowest BCUT2D eigenvalue weighted by Crippen LogP contribution is -2.58. The van der Waals surface area contributed by atoms with Gasteiger partial charge >= 0.3 is 11.7 Å². The van der Waals surface area contributed by atoms with Crippen molar-refractivity contribution in [2.24, 2.45) is 11.5 Å². The molecule has 11 nitrogen and oxygen atoms in total. The van der Waals surface area contributed by atoms with Crippen molar-refractivity contribution in [2.45, 2.75) is 51.2 Å². The number of piperazine rings is 1. The largest absolute Gasteiger partial charge is 0.354 e. The Balaban J connectivity index is 1.33. The van der Waals surface area contributed by atoms with Gasteiger partial charge in [-0.15, -0.1) is 0 Å². The molecule has 0 aliphatic carbocycles. The third-order valence-electron chi connectivity index (χ3n) is 6.86. The molecule has 0 radical (unpaired) electrons. The maximum atomic E-state index is 12.7. The third kappa shape index (κ3) is 6.94. The van der Waals surface area contributed by atoms with Crippen molar-refractivity contribution in [3.05, 3.63) is 52.6 Å². The highest BCUT2D eigenvalue weighted by Crippen LogP contribution is 2.15. The van der Waals surface area contributed by atoms with E-state index in [-0.39, 0.29) is 23.8 Å². The lowest BCUT2D eigenvalue weighted by atomic mass is 10.1. The summed E-state index contributed by atoms with van der Waals surface area (Å²) in [6.07, 6.45) is 5.02. The zero-order chi connectivity index (χ0) is 26.6. The Labute approximate surface area is 217 Å². The first kappa shape index (κ1) is 26.8. The molecule has 1 aromatic carbocycles. The van der Waals surface area contributed by atoms with Crippen molar-refractivity contribution in [3.63, 3.8) is 0 Å². The Morgan fingerprint density at radius 2 is 1.70 bits per heavy atom. The van der Waals surface area contributed by atoms with Crippen LogP contribution in [0.3, 0.4) is 0 Å². The first-order chi connectivity index (χ1) is 17.6. The molecule has 4 rings (SSSR count). The van der Waals surface area contributed by atoms with E-state index in [9.17, 15) is 14.4 Å². The van der Waals surface area contributed by atoms with Gasteiger partial charge in [0.1, 0.15) is 5.82 Å². The highest BCUT2D eigenvalue weighted by atomic mass is 16.2. The van der Waals surface area contributed by atoms with Crippen molar-refractivity contribution in [1.29, 1.82) is 0 Å². The fourth-order valence-corrected chi connectivity index (χ4v) is 4.80. The molecule has 0 saturated carbocycles. The lowest BCUT2D eigenvalue weighted by Gasteiger charge is -2.37. The molecule has 1 aromatic heterocycles. The number of anilines is 1. The van der Waals surface area contributed by atoms with Gasteiger partial charge in [0.25, 0.3) is 0 Å². The first-order valence-electron chi connectivity index (χ1n) is 12.9. The molecular weight excluding hydrogens is 472 g/mol. The normalized spacial score (nSPS) is 19.4.